The van der Waals surface area contributed by atoms with Crippen LogP contribution >= 0.6 is 23.2 Å². The molecular weight excluding hydrogens is 285 g/mol. The van der Waals surface area contributed by atoms with Crippen LogP contribution < -0.4 is 0 Å². The van der Waals surface area contributed by atoms with Crippen molar-refractivity contribution < 1.29 is 9.84 Å². The molecule has 1 aliphatic rings. The zero-order chi connectivity index (χ0) is 14.0. The molecular formula is C14H19Cl2NO2. The molecule has 0 bridgehead atoms. The van der Waals surface area contributed by atoms with Gasteiger partial charge in [0.2, 0.25) is 0 Å². The molecule has 0 aromatic heterocycles. The number of benzene rings is 1. The molecule has 0 aliphatic carbocycles. The standard InChI is InChI=1S/C14H19Cl2NO2/c1-9-6-17(7-10(2)19-9)8-14(18)12-4-3-11(15)5-13(12)16/h3-5,9-10,14,18H,6-8H2,1-2H3. The lowest BCUT2D eigenvalue weighted by Gasteiger charge is -2.36. The maximum atomic E-state index is 10.3. The van der Waals surface area contributed by atoms with Gasteiger partial charge in [0.05, 0.1) is 18.3 Å². The topological polar surface area (TPSA) is 32.7 Å². The quantitative estimate of drug-likeness (QED) is 0.931. The van der Waals surface area contributed by atoms with E-state index in [1.807, 2.05) is 13.8 Å². The van der Waals surface area contributed by atoms with Gasteiger partial charge in [-0.25, -0.2) is 0 Å². The Hall–Kier alpha value is -0.320. The van der Waals surface area contributed by atoms with E-state index >= 15 is 0 Å². The number of rotatable bonds is 3. The van der Waals surface area contributed by atoms with Crippen molar-refractivity contribution in [3.63, 3.8) is 0 Å². The Bertz CT molecular complexity index is 431. The third-order valence-electron chi connectivity index (χ3n) is 3.25. The van der Waals surface area contributed by atoms with E-state index in [-0.39, 0.29) is 12.2 Å². The summed E-state index contributed by atoms with van der Waals surface area (Å²) in [6.07, 6.45) is -0.226. The number of aliphatic hydroxyl groups is 1. The number of hydrogen-bond donors (Lipinski definition) is 1. The van der Waals surface area contributed by atoms with Crippen LogP contribution in [-0.4, -0.2) is 41.8 Å². The second kappa shape index (κ2) is 6.42. The fraction of sp³-hybridized carbons (Fsp3) is 0.571. The predicted octanol–water partition coefficient (Wildman–Crippen LogP) is 3.14. The second-order valence-electron chi connectivity index (χ2n) is 5.16. The molecule has 3 atom stereocenters. The monoisotopic (exact) mass is 303 g/mol. The van der Waals surface area contributed by atoms with Gasteiger partial charge in [-0.15, -0.1) is 0 Å². The van der Waals surface area contributed by atoms with Crippen LogP contribution in [-0.2, 0) is 4.74 Å². The number of β-amino-alcohol motifs (C(OH)–C–C–N with tert-alkyl or cyclic N) is 1. The molecule has 0 amide bonds. The first-order chi connectivity index (χ1) is 8.95. The van der Waals surface area contributed by atoms with Gasteiger partial charge in [0.25, 0.3) is 0 Å². The van der Waals surface area contributed by atoms with Gasteiger partial charge in [0, 0.05) is 35.2 Å². The van der Waals surface area contributed by atoms with E-state index in [0.29, 0.717) is 16.6 Å². The molecule has 1 aromatic rings. The van der Waals surface area contributed by atoms with E-state index in [2.05, 4.69) is 4.90 Å². The molecule has 3 nitrogen and oxygen atoms in total. The summed E-state index contributed by atoms with van der Waals surface area (Å²) in [5.41, 5.74) is 0.720. The summed E-state index contributed by atoms with van der Waals surface area (Å²) in [4.78, 5) is 2.20. The lowest BCUT2D eigenvalue weighted by atomic mass is 10.1. The van der Waals surface area contributed by atoms with Crippen LogP contribution in [0, 0.1) is 0 Å². The van der Waals surface area contributed by atoms with Crippen LogP contribution in [0.25, 0.3) is 0 Å². The number of ether oxygens (including phenoxy) is 1. The predicted molar refractivity (Wildman–Crippen MR) is 77.9 cm³/mol. The fourth-order valence-corrected chi connectivity index (χ4v) is 3.08. The van der Waals surface area contributed by atoms with E-state index < -0.39 is 6.10 Å². The molecule has 3 unspecified atom stereocenters. The number of hydrogen-bond acceptors (Lipinski definition) is 3. The molecule has 19 heavy (non-hydrogen) atoms. The molecule has 1 fully saturated rings. The van der Waals surface area contributed by atoms with Gasteiger partial charge < -0.3 is 9.84 Å². The van der Waals surface area contributed by atoms with Crippen LogP contribution in [0.2, 0.25) is 10.0 Å². The largest absolute Gasteiger partial charge is 0.387 e. The van der Waals surface area contributed by atoms with Crippen molar-refractivity contribution in [2.75, 3.05) is 19.6 Å². The van der Waals surface area contributed by atoms with Crippen molar-refractivity contribution >= 4 is 23.2 Å². The molecule has 1 N–H and O–H groups in total. The minimum Gasteiger partial charge on any atom is -0.387 e. The van der Waals surface area contributed by atoms with Gasteiger partial charge >= 0.3 is 0 Å². The lowest BCUT2D eigenvalue weighted by molar-refractivity contribution is -0.0767. The van der Waals surface area contributed by atoms with E-state index in [1.165, 1.54) is 0 Å². The van der Waals surface area contributed by atoms with Crippen molar-refractivity contribution in [1.82, 2.24) is 4.90 Å². The normalized spacial score (nSPS) is 26.4. The van der Waals surface area contributed by atoms with E-state index in [4.69, 9.17) is 27.9 Å². The average molecular weight is 304 g/mol. The molecule has 5 heteroatoms. The number of aliphatic hydroxyl groups excluding tert-OH is 1. The third kappa shape index (κ3) is 4.07. The second-order valence-corrected chi connectivity index (χ2v) is 6.00. The maximum Gasteiger partial charge on any atom is 0.0931 e. The third-order valence-corrected chi connectivity index (χ3v) is 3.81. The van der Waals surface area contributed by atoms with Crippen molar-refractivity contribution in [2.45, 2.75) is 32.2 Å². The first-order valence-corrected chi connectivity index (χ1v) is 7.22. The van der Waals surface area contributed by atoms with E-state index in [0.717, 1.165) is 18.7 Å². The summed E-state index contributed by atoms with van der Waals surface area (Å²) < 4.78 is 5.68. The van der Waals surface area contributed by atoms with Crippen LogP contribution in [0.1, 0.15) is 25.5 Å². The summed E-state index contributed by atoms with van der Waals surface area (Å²) in [7, 11) is 0. The molecule has 1 saturated heterocycles. The van der Waals surface area contributed by atoms with Crippen molar-refractivity contribution in [3.8, 4) is 0 Å². The Morgan fingerprint density at radius 3 is 2.53 bits per heavy atom. The molecule has 106 valence electrons. The zero-order valence-electron chi connectivity index (χ0n) is 11.1. The minimum atomic E-state index is -0.609. The van der Waals surface area contributed by atoms with Crippen molar-refractivity contribution in [1.29, 1.82) is 0 Å². The van der Waals surface area contributed by atoms with Crippen LogP contribution in [0.5, 0.6) is 0 Å². The molecule has 0 saturated carbocycles. The summed E-state index contributed by atoms with van der Waals surface area (Å²) >= 11 is 12.0. The highest BCUT2D eigenvalue weighted by Crippen LogP contribution is 2.27. The van der Waals surface area contributed by atoms with Gasteiger partial charge in [0.15, 0.2) is 0 Å². The fourth-order valence-electron chi connectivity index (χ4n) is 2.55. The number of morpholine rings is 1. The van der Waals surface area contributed by atoms with Gasteiger partial charge in [0.1, 0.15) is 0 Å². The van der Waals surface area contributed by atoms with E-state index in [9.17, 15) is 5.11 Å². The first kappa shape index (κ1) is 15.1. The molecule has 1 aromatic carbocycles. The van der Waals surface area contributed by atoms with Gasteiger partial charge in [-0.05, 0) is 26.0 Å². The van der Waals surface area contributed by atoms with Crippen LogP contribution in [0.4, 0.5) is 0 Å². The Kier molecular flexibility index (Phi) is 5.09. The minimum absolute atomic E-state index is 0.191. The summed E-state index contributed by atoms with van der Waals surface area (Å²) in [5, 5.41) is 11.4. The number of nitrogens with zero attached hydrogens (tertiary/aromatic N) is 1. The zero-order valence-corrected chi connectivity index (χ0v) is 12.7. The highest BCUT2D eigenvalue weighted by atomic mass is 35.5. The van der Waals surface area contributed by atoms with Gasteiger partial charge in [-0.1, -0.05) is 29.3 Å². The Morgan fingerprint density at radius 2 is 1.95 bits per heavy atom. The van der Waals surface area contributed by atoms with Crippen LogP contribution in [0.3, 0.4) is 0 Å². The van der Waals surface area contributed by atoms with Crippen molar-refractivity contribution in [3.05, 3.63) is 33.8 Å². The molecule has 0 spiro atoms. The molecule has 2 rings (SSSR count). The molecule has 0 radical (unpaired) electrons. The molecule has 1 aliphatic heterocycles. The summed E-state index contributed by atoms with van der Waals surface area (Å²) in [5.74, 6) is 0. The van der Waals surface area contributed by atoms with Gasteiger partial charge in [-0.2, -0.15) is 0 Å². The van der Waals surface area contributed by atoms with Crippen LogP contribution in [0.15, 0.2) is 18.2 Å². The highest BCUT2D eigenvalue weighted by Gasteiger charge is 2.24. The maximum absolute atomic E-state index is 10.3. The van der Waals surface area contributed by atoms with Crippen molar-refractivity contribution in [2.24, 2.45) is 0 Å². The average Bonchev–Trinajstić information content (AvgIpc) is 2.26. The van der Waals surface area contributed by atoms with E-state index in [1.54, 1.807) is 18.2 Å². The summed E-state index contributed by atoms with van der Waals surface area (Å²) in [6.45, 7) is 6.30. The SMILES string of the molecule is CC1CN(CC(O)c2ccc(Cl)cc2Cl)CC(C)O1. The highest BCUT2D eigenvalue weighted by molar-refractivity contribution is 6.35. The summed E-state index contributed by atoms with van der Waals surface area (Å²) in [6, 6.07) is 5.19. The number of halogens is 2. The van der Waals surface area contributed by atoms with Gasteiger partial charge in [-0.3, -0.25) is 4.90 Å². The molecule has 1 heterocycles. The smallest absolute Gasteiger partial charge is 0.0931 e. The Labute approximate surface area is 124 Å². The first-order valence-electron chi connectivity index (χ1n) is 6.46. The lowest BCUT2D eigenvalue weighted by Crippen LogP contribution is -2.46. The Balaban J connectivity index is 2.02. The Morgan fingerprint density at radius 1 is 1.32 bits per heavy atom.